The molecule has 0 bridgehead atoms. The molecule has 9 nitrogen and oxygen atoms in total. The molecule has 3 saturated carbocycles. The van der Waals surface area contributed by atoms with Crippen LogP contribution in [0.3, 0.4) is 0 Å². The van der Waals surface area contributed by atoms with Gasteiger partial charge in [0, 0.05) is 36.7 Å². The molecule has 2 amide bonds. The highest BCUT2D eigenvalue weighted by molar-refractivity contribution is 6.00. The zero-order valence-electron chi connectivity index (χ0n) is 26.4. The number of carbonyl (C=O) groups excluding carboxylic acids is 3. The van der Waals surface area contributed by atoms with Crippen LogP contribution in [0.1, 0.15) is 87.6 Å². The number of hydrogen-bond donors (Lipinski definition) is 2. The zero-order chi connectivity index (χ0) is 31.5. The number of halogens is 1. The van der Waals surface area contributed by atoms with Crippen LogP contribution in [0.2, 0.25) is 0 Å². The van der Waals surface area contributed by atoms with Gasteiger partial charge in [0.15, 0.2) is 0 Å². The van der Waals surface area contributed by atoms with Crippen molar-refractivity contribution < 1.29 is 32.7 Å². The number of rotatable bonds is 10. The van der Waals surface area contributed by atoms with E-state index < -0.39 is 24.7 Å². The maximum absolute atomic E-state index is 14.1. The normalized spacial score (nSPS) is 29.7. The summed E-state index contributed by atoms with van der Waals surface area (Å²) in [6.07, 6.45) is 11.1. The van der Waals surface area contributed by atoms with Crippen LogP contribution in [0.5, 0.6) is 0 Å². The number of anilines is 1. The standard InChI is InChI=1S/C35H48FN3O6/c1-43-27-12-9-22(10-13-27)28-15-16-39(34(41)24-7-5-23(6-8-24)29(37)19-36)32(28)33(40)38-26-11-14-30-25(17-26)18-31(45-30)35(42)44-20-21-3-2-4-21/h11,14,17-18,21-24,27-29,32H,2-10,12-13,15-16,19-20,37H2,1H3,(H,38,40)/t22?,23?,24?,27?,28-,29+,32-/m0/s1. The highest BCUT2D eigenvalue weighted by atomic mass is 19.1. The minimum absolute atomic E-state index is 0.0332. The summed E-state index contributed by atoms with van der Waals surface area (Å²) in [7, 11) is 1.75. The molecule has 1 aliphatic heterocycles. The number of esters is 1. The van der Waals surface area contributed by atoms with Gasteiger partial charge in [0.05, 0.1) is 12.7 Å². The Labute approximate surface area is 264 Å². The Kier molecular flexibility index (Phi) is 10.1. The first-order chi connectivity index (χ1) is 21.8. The fourth-order valence-electron chi connectivity index (χ4n) is 8.16. The number of nitrogens with one attached hydrogen (secondary N) is 1. The molecule has 4 aliphatic rings. The number of furan rings is 1. The summed E-state index contributed by atoms with van der Waals surface area (Å²) >= 11 is 0. The van der Waals surface area contributed by atoms with Gasteiger partial charge < -0.3 is 29.8 Å². The van der Waals surface area contributed by atoms with Gasteiger partial charge in [-0.15, -0.1) is 0 Å². The number of amides is 2. The summed E-state index contributed by atoms with van der Waals surface area (Å²) in [6, 6.07) is 5.93. The second-order valence-electron chi connectivity index (χ2n) is 13.9. The van der Waals surface area contributed by atoms with Crippen LogP contribution in [0.25, 0.3) is 11.0 Å². The monoisotopic (exact) mass is 625 g/mol. The fraction of sp³-hybridized carbons (Fsp3) is 0.686. The number of hydrogen-bond acceptors (Lipinski definition) is 7. The SMILES string of the molecule is COC1CCC([C@@H]2CCN(C(=O)C3CCC([C@H](N)CF)CC3)[C@@H]2C(=O)Nc2ccc3oc(C(=O)OCC4CCC4)cc3c2)CC1. The summed E-state index contributed by atoms with van der Waals surface area (Å²) < 4.78 is 30.0. The first-order valence-electron chi connectivity index (χ1n) is 17.0. The average molecular weight is 626 g/mol. The third-order valence-corrected chi connectivity index (χ3v) is 11.2. The fourth-order valence-corrected chi connectivity index (χ4v) is 8.16. The lowest BCUT2D eigenvalue weighted by Gasteiger charge is -2.37. The molecule has 3 atom stereocenters. The lowest BCUT2D eigenvalue weighted by atomic mass is 9.75. The largest absolute Gasteiger partial charge is 0.460 e. The third kappa shape index (κ3) is 7.07. The summed E-state index contributed by atoms with van der Waals surface area (Å²) in [5.41, 5.74) is 7.09. The van der Waals surface area contributed by atoms with E-state index in [1.807, 2.05) is 4.90 Å². The van der Waals surface area contributed by atoms with Crippen molar-refractivity contribution in [2.45, 2.75) is 95.2 Å². The zero-order valence-corrected chi connectivity index (χ0v) is 26.4. The number of nitrogens with two attached hydrogens (primary N) is 1. The highest BCUT2D eigenvalue weighted by Gasteiger charge is 2.47. The summed E-state index contributed by atoms with van der Waals surface area (Å²) in [6.45, 7) is 0.429. The van der Waals surface area contributed by atoms with Crippen LogP contribution < -0.4 is 11.1 Å². The van der Waals surface area contributed by atoms with Crippen LogP contribution in [0.15, 0.2) is 28.7 Å². The van der Waals surface area contributed by atoms with E-state index in [0.717, 1.165) is 57.8 Å². The van der Waals surface area contributed by atoms with Crippen LogP contribution in [-0.4, -0.2) is 67.8 Å². The minimum Gasteiger partial charge on any atom is -0.460 e. The summed E-state index contributed by atoms with van der Waals surface area (Å²) in [4.78, 5) is 42.5. The van der Waals surface area contributed by atoms with Crippen LogP contribution in [-0.2, 0) is 19.1 Å². The lowest BCUT2D eigenvalue weighted by molar-refractivity contribution is -0.142. The summed E-state index contributed by atoms with van der Waals surface area (Å²) in [5.74, 6) is 0.299. The smallest absolute Gasteiger partial charge is 0.374 e. The second kappa shape index (κ2) is 14.2. The Morgan fingerprint density at radius 3 is 2.44 bits per heavy atom. The quantitative estimate of drug-likeness (QED) is 0.317. The van der Waals surface area contributed by atoms with Crippen molar-refractivity contribution in [2.24, 2.45) is 35.3 Å². The van der Waals surface area contributed by atoms with Crippen molar-refractivity contribution in [1.29, 1.82) is 0 Å². The topological polar surface area (TPSA) is 124 Å². The van der Waals surface area contributed by atoms with E-state index in [4.69, 9.17) is 19.6 Å². The Hall–Kier alpha value is -2.98. The Morgan fingerprint density at radius 1 is 1.02 bits per heavy atom. The molecule has 2 aromatic rings. The van der Waals surface area contributed by atoms with E-state index in [1.165, 1.54) is 6.42 Å². The van der Waals surface area contributed by atoms with Crippen molar-refractivity contribution in [3.8, 4) is 0 Å². The minimum atomic E-state index is -0.565. The molecule has 1 aromatic carbocycles. The number of alkyl halides is 1. The van der Waals surface area contributed by atoms with Crippen molar-refractivity contribution in [3.63, 3.8) is 0 Å². The van der Waals surface area contributed by atoms with Crippen LogP contribution in [0.4, 0.5) is 10.1 Å². The number of methoxy groups -OCH3 is 1. The molecule has 0 unspecified atom stereocenters. The molecule has 1 aromatic heterocycles. The molecule has 3 N–H and O–H groups in total. The Morgan fingerprint density at radius 2 is 1.78 bits per heavy atom. The van der Waals surface area contributed by atoms with Gasteiger partial charge in [-0.1, -0.05) is 6.42 Å². The number of carbonyl (C=O) groups is 3. The van der Waals surface area contributed by atoms with Gasteiger partial charge in [-0.05, 0) is 119 Å². The first kappa shape index (κ1) is 32.0. The summed E-state index contributed by atoms with van der Waals surface area (Å²) in [5, 5.41) is 3.80. The third-order valence-electron chi connectivity index (χ3n) is 11.2. The van der Waals surface area contributed by atoms with E-state index in [-0.39, 0.29) is 41.4 Å². The van der Waals surface area contributed by atoms with Gasteiger partial charge >= 0.3 is 5.97 Å². The molecule has 246 valence electrons. The van der Waals surface area contributed by atoms with Gasteiger partial charge in [0.25, 0.3) is 0 Å². The van der Waals surface area contributed by atoms with E-state index in [1.54, 1.807) is 31.4 Å². The van der Waals surface area contributed by atoms with Gasteiger partial charge in [-0.2, -0.15) is 0 Å². The molecule has 2 heterocycles. The number of benzene rings is 1. The molecule has 6 rings (SSSR count). The molecule has 1 saturated heterocycles. The Bertz CT molecular complexity index is 1340. The van der Waals surface area contributed by atoms with Crippen molar-refractivity contribution >= 4 is 34.4 Å². The predicted octanol–water partition coefficient (Wildman–Crippen LogP) is 5.85. The predicted molar refractivity (Wildman–Crippen MR) is 168 cm³/mol. The average Bonchev–Trinajstić information content (AvgIpc) is 3.68. The molecule has 45 heavy (non-hydrogen) atoms. The van der Waals surface area contributed by atoms with Gasteiger partial charge in [-0.3, -0.25) is 9.59 Å². The van der Waals surface area contributed by atoms with Gasteiger partial charge in [0.1, 0.15) is 18.3 Å². The molecular weight excluding hydrogens is 577 g/mol. The maximum atomic E-state index is 14.1. The van der Waals surface area contributed by atoms with E-state index >= 15 is 0 Å². The van der Waals surface area contributed by atoms with E-state index in [2.05, 4.69) is 5.32 Å². The molecule has 4 fully saturated rings. The molecule has 0 spiro atoms. The molecule has 10 heteroatoms. The van der Waals surface area contributed by atoms with Crippen molar-refractivity contribution in [3.05, 3.63) is 30.0 Å². The maximum Gasteiger partial charge on any atom is 0.374 e. The lowest BCUT2D eigenvalue weighted by Crippen LogP contribution is -2.50. The van der Waals surface area contributed by atoms with Gasteiger partial charge in [-0.25, -0.2) is 9.18 Å². The number of nitrogens with zero attached hydrogens (tertiary/aromatic N) is 1. The molecule has 3 aliphatic carbocycles. The second-order valence-corrected chi connectivity index (χ2v) is 13.9. The van der Waals surface area contributed by atoms with Crippen molar-refractivity contribution in [1.82, 2.24) is 4.90 Å². The Balaban J connectivity index is 1.16. The number of ether oxygens (including phenoxy) is 2. The van der Waals surface area contributed by atoms with Crippen molar-refractivity contribution in [2.75, 3.05) is 32.3 Å². The first-order valence-corrected chi connectivity index (χ1v) is 17.0. The van der Waals surface area contributed by atoms with Crippen LogP contribution in [0, 0.1) is 29.6 Å². The molecule has 0 radical (unpaired) electrons. The number of fused-ring (bicyclic) bond motifs is 1. The van der Waals surface area contributed by atoms with Gasteiger partial charge in [0.2, 0.25) is 17.6 Å². The van der Waals surface area contributed by atoms with E-state index in [0.29, 0.717) is 54.5 Å². The molecular formula is C35H48FN3O6. The highest BCUT2D eigenvalue weighted by Crippen LogP contribution is 2.42. The van der Waals surface area contributed by atoms with E-state index in [9.17, 15) is 18.8 Å². The van der Waals surface area contributed by atoms with Crippen LogP contribution >= 0.6 is 0 Å². The number of likely N-dealkylation sites (tertiary alicyclic amines) is 1.